The van der Waals surface area contributed by atoms with Gasteiger partial charge in [-0.1, -0.05) is 13.8 Å². The van der Waals surface area contributed by atoms with Gasteiger partial charge in [0, 0.05) is 10.9 Å². The molecular formula is C11H18BrNS. The van der Waals surface area contributed by atoms with E-state index < -0.39 is 0 Å². The molecule has 0 amide bonds. The highest BCUT2D eigenvalue weighted by molar-refractivity contribution is 9.11. The fraction of sp³-hybridized carbons (Fsp3) is 0.636. The quantitative estimate of drug-likeness (QED) is 0.889. The standard InChI is InChI=1S/C11H18BrNS/c1-8(13)6-11(2,3)7-9-4-5-10(12)14-9/h4-5,8H,6-7,13H2,1-3H3. The molecule has 1 aromatic rings. The van der Waals surface area contributed by atoms with Crippen LogP contribution in [0.2, 0.25) is 0 Å². The Morgan fingerprint density at radius 1 is 1.50 bits per heavy atom. The number of hydrogen-bond donors (Lipinski definition) is 1. The van der Waals surface area contributed by atoms with Crippen LogP contribution in [0.1, 0.15) is 32.1 Å². The topological polar surface area (TPSA) is 26.0 Å². The Kier molecular flexibility index (Phi) is 4.16. The van der Waals surface area contributed by atoms with Gasteiger partial charge in [0.25, 0.3) is 0 Å². The molecule has 1 nitrogen and oxygen atoms in total. The van der Waals surface area contributed by atoms with E-state index in [2.05, 4.69) is 48.8 Å². The van der Waals surface area contributed by atoms with Crippen LogP contribution in [0.15, 0.2) is 15.9 Å². The van der Waals surface area contributed by atoms with Gasteiger partial charge in [-0.2, -0.15) is 0 Å². The molecule has 3 heteroatoms. The third-order valence-electron chi connectivity index (χ3n) is 2.16. The second-order valence-corrected chi connectivity index (χ2v) is 7.28. The van der Waals surface area contributed by atoms with Gasteiger partial charge in [-0.25, -0.2) is 0 Å². The van der Waals surface area contributed by atoms with Crippen molar-refractivity contribution in [2.24, 2.45) is 11.1 Å². The van der Waals surface area contributed by atoms with Crippen LogP contribution < -0.4 is 5.73 Å². The molecule has 0 spiro atoms. The van der Waals surface area contributed by atoms with Crippen molar-refractivity contribution >= 4 is 27.3 Å². The van der Waals surface area contributed by atoms with Crippen LogP contribution in [-0.2, 0) is 6.42 Å². The lowest BCUT2D eigenvalue weighted by Gasteiger charge is -2.25. The number of nitrogens with two attached hydrogens (primary N) is 1. The lowest BCUT2D eigenvalue weighted by Crippen LogP contribution is -2.26. The van der Waals surface area contributed by atoms with E-state index in [1.165, 1.54) is 8.66 Å². The molecule has 1 aromatic heterocycles. The summed E-state index contributed by atoms with van der Waals surface area (Å²) in [5.41, 5.74) is 6.14. The van der Waals surface area contributed by atoms with Crippen LogP contribution in [0.25, 0.3) is 0 Å². The van der Waals surface area contributed by atoms with E-state index in [0.29, 0.717) is 5.41 Å². The molecule has 14 heavy (non-hydrogen) atoms. The van der Waals surface area contributed by atoms with Crippen molar-refractivity contribution < 1.29 is 0 Å². The zero-order valence-electron chi connectivity index (χ0n) is 9.01. The minimum atomic E-state index is 0.286. The van der Waals surface area contributed by atoms with E-state index >= 15 is 0 Å². The largest absolute Gasteiger partial charge is 0.328 e. The normalized spacial score (nSPS) is 14.4. The van der Waals surface area contributed by atoms with Gasteiger partial charge in [0.15, 0.2) is 0 Å². The van der Waals surface area contributed by atoms with Crippen LogP contribution >= 0.6 is 27.3 Å². The summed E-state index contributed by atoms with van der Waals surface area (Å²) in [6, 6.07) is 4.59. The van der Waals surface area contributed by atoms with Gasteiger partial charge < -0.3 is 5.73 Å². The molecule has 0 fully saturated rings. The van der Waals surface area contributed by atoms with E-state index in [4.69, 9.17) is 5.73 Å². The lowest BCUT2D eigenvalue weighted by molar-refractivity contribution is 0.311. The van der Waals surface area contributed by atoms with Crippen LogP contribution in [0, 0.1) is 5.41 Å². The Bertz CT molecular complexity index is 291. The van der Waals surface area contributed by atoms with Gasteiger partial charge >= 0.3 is 0 Å². The highest BCUT2D eigenvalue weighted by Crippen LogP contribution is 2.31. The summed E-state index contributed by atoms with van der Waals surface area (Å²) in [6.45, 7) is 6.64. The summed E-state index contributed by atoms with van der Waals surface area (Å²) in [4.78, 5) is 1.43. The Morgan fingerprint density at radius 2 is 2.14 bits per heavy atom. The van der Waals surface area contributed by atoms with E-state index in [-0.39, 0.29) is 6.04 Å². The van der Waals surface area contributed by atoms with Crippen molar-refractivity contribution in [1.29, 1.82) is 0 Å². The fourth-order valence-electron chi connectivity index (χ4n) is 1.86. The highest BCUT2D eigenvalue weighted by atomic mass is 79.9. The number of halogens is 1. The molecule has 0 aliphatic heterocycles. The molecule has 0 radical (unpaired) electrons. The maximum atomic E-state index is 5.83. The summed E-state index contributed by atoms with van der Waals surface area (Å²) in [7, 11) is 0. The maximum absolute atomic E-state index is 5.83. The van der Waals surface area contributed by atoms with Crippen LogP contribution in [-0.4, -0.2) is 6.04 Å². The average Bonchev–Trinajstić information content (AvgIpc) is 2.30. The molecule has 80 valence electrons. The van der Waals surface area contributed by atoms with Crippen LogP contribution in [0.3, 0.4) is 0 Å². The van der Waals surface area contributed by atoms with E-state index in [1.807, 2.05) is 11.3 Å². The van der Waals surface area contributed by atoms with Gasteiger partial charge in [-0.05, 0) is 53.2 Å². The smallest absolute Gasteiger partial charge is 0.0701 e. The third-order valence-corrected chi connectivity index (χ3v) is 3.78. The maximum Gasteiger partial charge on any atom is 0.0701 e. The molecule has 1 atom stereocenters. The SMILES string of the molecule is CC(N)CC(C)(C)Cc1ccc(Br)s1. The third kappa shape index (κ3) is 4.11. The summed E-state index contributed by atoms with van der Waals surface area (Å²) in [6.07, 6.45) is 2.19. The molecule has 0 aliphatic carbocycles. The first-order chi connectivity index (χ1) is 6.39. The average molecular weight is 276 g/mol. The van der Waals surface area contributed by atoms with Gasteiger partial charge in [-0.3, -0.25) is 0 Å². The second kappa shape index (κ2) is 4.77. The molecule has 0 saturated heterocycles. The van der Waals surface area contributed by atoms with Gasteiger partial charge in [0.1, 0.15) is 0 Å². The first-order valence-electron chi connectivity index (χ1n) is 4.89. The molecule has 0 aromatic carbocycles. The number of rotatable bonds is 4. The Labute approximate surface area is 98.8 Å². The predicted octanol–water partition coefficient (Wildman–Crippen LogP) is 3.82. The van der Waals surface area contributed by atoms with Crippen molar-refractivity contribution in [3.63, 3.8) is 0 Å². The second-order valence-electron chi connectivity index (χ2n) is 4.73. The number of thiophene rings is 1. The molecule has 1 heterocycles. The van der Waals surface area contributed by atoms with Gasteiger partial charge in [-0.15, -0.1) is 11.3 Å². The summed E-state index contributed by atoms with van der Waals surface area (Å²) >= 11 is 5.30. The molecule has 0 aliphatic rings. The molecule has 1 rings (SSSR count). The summed E-state index contributed by atoms with van der Waals surface area (Å²) < 4.78 is 1.21. The molecule has 0 saturated carbocycles. The molecule has 0 bridgehead atoms. The van der Waals surface area contributed by atoms with Crippen molar-refractivity contribution in [3.8, 4) is 0 Å². The van der Waals surface area contributed by atoms with Gasteiger partial charge in [0.05, 0.1) is 3.79 Å². The van der Waals surface area contributed by atoms with Crippen molar-refractivity contribution in [2.45, 2.75) is 39.7 Å². The van der Waals surface area contributed by atoms with Crippen LogP contribution in [0.5, 0.6) is 0 Å². The minimum Gasteiger partial charge on any atom is -0.328 e. The minimum absolute atomic E-state index is 0.286. The highest BCUT2D eigenvalue weighted by Gasteiger charge is 2.20. The monoisotopic (exact) mass is 275 g/mol. The fourth-order valence-corrected chi connectivity index (χ4v) is 3.60. The molecule has 1 unspecified atom stereocenters. The molecular weight excluding hydrogens is 258 g/mol. The Balaban J connectivity index is 2.58. The first-order valence-corrected chi connectivity index (χ1v) is 6.50. The van der Waals surface area contributed by atoms with Gasteiger partial charge in [0.2, 0.25) is 0 Å². The van der Waals surface area contributed by atoms with Crippen molar-refractivity contribution in [1.82, 2.24) is 0 Å². The Hall–Kier alpha value is 0.140. The first kappa shape index (κ1) is 12.2. The van der Waals surface area contributed by atoms with E-state index in [9.17, 15) is 0 Å². The van der Waals surface area contributed by atoms with Crippen LogP contribution in [0.4, 0.5) is 0 Å². The zero-order valence-corrected chi connectivity index (χ0v) is 11.4. The van der Waals surface area contributed by atoms with E-state index in [0.717, 1.165) is 12.8 Å². The lowest BCUT2D eigenvalue weighted by atomic mass is 9.83. The summed E-state index contributed by atoms with van der Waals surface area (Å²) in [5, 5.41) is 0. The van der Waals surface area contributed by atoms with Crippen molar-refractivity contribution in [3.05, 3.63) is 20.8 Å². The van der Waals surface area contributed by atoms with Crippen molar-refractivity contribution in [2.75, 3.05) is 0 Å². The predicted molar refractivity (Wildman–Crippen MR) is 67.8 cm³/mol. The Morgan fingerprint density at radius 3 is 2.57 bits per heavy atom. The summed E-state index contributed by atoms with van der Waals surface area (Å²) in [5.74, 6) is 0. The van der Waals surface area contributed by atoms with E-state index in [1.54, 1.807) is 0 Å². The molecule has 2 N–H and O–H groups in total. The number of hydrogen-bond acceptors (Lipinski definition) is 2. The zero-order chi connectivity index (χ0) is 10.8.